The second-order valence-corrected chi connectivity index (χ2v) is 8.87. The molecule has 2 atom stereocenters. The molecule has 0 aliphatic heterocycles. The van der Waals surface area contributed by atoms with E-state index in [4.69, 9.17) is 11.6 Å². The first-order chi connectivity index (χ1) is 13.2. The van der Waals surface area contributed by atoms with Gasteiger partial charge in [-0.25, -0.2) is 0 Å². The van der Waals surface area contributed by atoms with E-state index in [1.54, 1.807) is 0 Å². The van der Waals surface area contributed by atoms with Crippen molar-refractivity contribution in [3.8, 4) is 0 Å². The fraction of sp³-hybridized carbons (Fsp3) is 0.391. The molecule has 4 nitrogen and oxygen atoms in total. The molecule has 2 N–H and O–H groups in total. The molecule has 0 spiro atoms. The molecular formula is C23H27ClN2O2. The second kappa shape index (κ2) is 8.36. The molecule has 2 aromatic carbocycles. The topological polar surface area (TPSA) is 58.2 Å². The highest BCUT2D eigenvalue weighted by Gasteiger charge is 2.47. The maximum atomic E-state index is 12.4. The lowest BCUT2D eigenvalue weighted by Gasteiger charge is -2.19. The Morgan fingerprint density at radius 1 is 0.964 bits per heavy atom. The highest BCUT2D eigenvalue weighted by molar-refractivity contribution is 6.30. The standard InChI is InChI=1S/C23H27ClN2O2/c1-23(2,3)16-6-10-18(11-7-16)26-22(28)20-14-19(20)21(27)25-13-12-15-4-8-17(24)9-5-15/h4-11,19-20H,12-14H2,1-3H3,(H,25,27)(H,26,28). The molecule has 28 heavy (non-hydrogen) atoms. The quantitative estimate of drug-likeness (QED) is 0.748. The fourth-order valence-electron chi connectivity index (χ4n) is 3.18. The third kappa shape index (κ3) is 5.35. The van der Waals surface area contributed by atoms with Gasteiger partial charge in [0.1, 0.15) is 0 Å². The zero-order valence-electron chi connectivity index (χ0n) is 16.6. The van der Waals surface area contributed by atoms with Gasteiger partial charge in [0.25, 0.3) is 0 Å². The van der Waals surface area contributed by atoms with Crippen molar-refractivity contribution in [3.05, 3.63) is 64.7 Å². The van der Waals surface area contributed by atoms with E-state index in [1.165, 1.54) is 5.56 Å². The Bertz CT molecular complexity index is 838. The summed E-state index contributed by atoms with van der Waals surface area (Å²) in [5, 5.41) is 6.55. The van der Waals surface area contributed by atoms with Crippen molar-refractivity contribution in [2.75, 3.05) is 11.9 Å². The summed E-state index contributed by atoms with van der Waals surface area (Å²) in [5.74, 6) is -0.588. The molecule has 0 heterocycles. The van der Waals surface area contributed by atoms with Crippen LogP contribution in [0.1, 0.15) is 38.3 Å². The first kappa shape index (κ1) is 20.4. The number of halogens is 1. The molecule has 3 rings (SSSR count). The fourth-order valence-corrected chi connectivity index (χ4v) is 3.30. The van der Waals surface area contributed by atoms with Crippen LogP contribution in [0.3, 0.4) is 0 Å². The zero-order valence-corrected chi connectivity index (χ0v) is 17.3. The van der Waals surface area contributed by atoms with Crippen LogP contribution in [0.2, 0.25) is 5.02 Å². The van der Waals surface area contributed by atoms with Crippen LogP contribution >= 0.6 is 11.6 Å². The summed E-state index contributed by atoms with van der Waals surface area (Å²) in [6.45, 7) is 7.02. The van der Waals surface area contributed by atoms with E-state index >= 15 is 0 Å². The van der Waals surface area contributed by atoms with E-state index in [2.05, 4.69) is 31.4 Å². The van der Waals surface area contributed by atoms with Crippen LogP contribution in [-0.2, 0) is 21.4 Å². The Morgan fingerprint density at radius 2 is 1.57 bits per heavy atom. The second-order valence-electron chi connectivity index (χ2n) is 8.43. The van der Waals surface area contributed by atoms with Crippen LogP contribution in [0.4, 0.5) is 5.69 Å². The number of hydrogen-bond acceptors (Lipinski definition) is 2. The third-order valence-corrected chi connectivity index (χ3v) is 5.36. The van der Waals surface area contributed by atoms with Crippen molar-refractivity contribution in [1.82, 2.24) is 5.32 Å². The van der Waals surface area contributed by atoms with Gasteiger partial charge in [-0.3, -0.25) is 9.59 Å². The van der Waals surface area contributed by atoms with E-state index in [1.807, 2.05) is 48.5 Å². The summed E-state index contributed by atoms with van der Waals surface area (Å²) in [5.41, 5.74) is 3.18. The van der Waals surface area contributed by atoms with E-state index in [-0.39, 0.29) is 29.1 Å². The van der Waals surface area contributed by atoms with Crippen LogP contribution < -0.4 is 10.6 Å². The lowest BCUT2D eigenvalue weighted by molar-refractivity contribution is -0.125. The van der Waals surface area contributed by atoms with Gasteiger partial charge in [0.2, 0.25) is 11.8 Å². The number of nitrogens with one attached hydrogen (secondary N) is 2. The first-order valence-electron chi connectivity index (χ1n) is 9.67. The first-order valence-corrected chi connectivity index (χ1v) is 10.1. The normalized spacial score (nSPS) is 18.4. The number of amides is 2. The van der Waals surface area contributed by atoms with Crippen molar-refractivity contribution in [2.24, 2.45) is 11.8 Å². The molecule has 148 valence electrons. The minimum atomic E-state index is -0.238. The number of carbonyl (C=O) groups excluding carboxylic acids is 2. The lowest BCUT2D eigenvalue weighted by Crippen LogP contribution is -2.29. The van der Waals surface area contributed by atoms with Gasteiger partial charge in [-0.1, -0.05) is 56.6 Å². The summed E-state index contributed by atoms with van der Waals surface area (Å²) in [6, 6.07) is 15.5. The number of benzene rings is 2. The molecule has 0 saturated heterocycles. The van der Waals surface area contributed by atoms with Gasteiger partial charge < -0.3 is 10.6 Å². The van der Waals surface area contributed by atoms with E-state index < -0.39 is 0 Å². The molecule has 0 bridgehead atoms. The summed E-state index contributed by atoms with van der Waals surface area (Å²) in [4.78, 5) is 24.7. The lowest BCUT2D eigenvalue weighted by atomic mass is 9.87. The van der Waals surface area contributed by atoms with E-state index in [0.717, 1.165) is 17.7 Å². The number of carbonyl (C=O) groups is 2. The average molecular weight is 399 g/mol. The minimum absolute atomic E-state index is 0.0443. The van der Waals surface area contributed by atoms with Gasteiger partial charge in [0, 0.05) is 17.3 Å². The molecular weight excluding hydrogens is 372 g/mol. The van der Waals surface area contributed by atoms with Crippen LogP contribution in [0.5, 0.6) is 0 Å². The highest BCUT2D eigenvalue weighted by Crippen LogP contribution is 2.39. The molecule has 2 amide bonds. The largest absolute Gasteiger partial charge is 0.356 e. The van der Waals surface area contributed by atoms with Crippen LogP contribution in [0, 0.1) is 11.8 Å². The monoisotopic (exact) mass is 398 g/mol. The Kier molecular flexibility index (Phi) is 6.09. The van der Waals surface area contributed by atoms with E-state index in [9.17, 15) is 9.59 Å². The molecule has 2 unspecified atom stereocenters. The van der Waals surface area contributed by atoms with Crippen LogP contribution in [-0.4, -0.2) is 18.4 Å². The predicted octanol–water partition coefficient (Wildman–Crippen LogP) is 4.57. The summed E-state index contributed by atoms with van der Waals surface area (Å²) in [7, 11) is 0. The molecule has 1 saturated carbocycles. The van der Waals surface area contributed by atoms with Gasteiger partial charge in [0.05, 0.1) is 11.8 Å². The summed E-state index contributed by atoms with van der Waals surface area (Å²) < 4.78 is 0. The van der Waals surface area contributed by atoms with E-state index in [0.29, 0.717) is 18.0 Å². The van der Waals surface area contributed by atoms with Gasteiger partial charge in [0.15, 0.2) is 0 Å². The van der Waals surface area contributed by atoms with Crippen LogP contribution in [0.15, 0.2) is 48.5 Å². The molecule has 5 heteroatoms. The Labute approximate surface area is 171 Å². The molecule has 0 radical (unpaired) electrons. The maximum Gasteiger partial charge on any atom is 0.228 e. The SMILES string of the molecule is CC(C)(C)c1ccc(NC(=O)C2CC2C(=O)NCCc2ccc(Cl)cc2)cc1. The maximum absolute atomic E-state index is 12.4. The van der Waals surface area contributed by atoms with Gasteiger partial charge >= 0.3 is 0 Å². The van der Waals surface area contributed by atoms with Crippen molar-refractivity contribution < 1.29 is 9.59 Å². The Hall–Kier alpha value is -2.33. The number of rotatable bonds is 6. The van der Waals surface area contributed by atoms with Gasteiger partial charge in [-0.15, -0.1) is 0 Å². The molecule has 0 aromatic heterocycles. The van der Waals surface area contributed by atoms with Crippen LogP contribution in [0.25, 0.3) is 0 Å². The van der Waals surface area contributed by atoms with Crippen molar-refractivity contribution in [3.63, 3.8) is 0 Å². The molecule has 1 aliphatic carbocycles. The zero-order chi connectivity index (χ0) is 20.3. The molecule has 1 aliphatic rings. The predicted molar refractivity (Wildman–Crippen MR) is 114 cm³/mol. The summed E-state index contributed by atoms with van der Waals surface area (Å²) in [6.07, 6.45) is 1.35. The average Bonchev–Trinajstić information content (AvgIpc) is 3.44. The highest BCUT2D eigenvalue weighted by atomic mass is 35.5. The summed E-state index contributed by atoms with van der Waals surface area (Å²) >= 11 is 5.87. The third-order valence-electron chi connectivity index (χ3n) is 5.11. The molecule has 2 aromatic rings. The minimum Gasteiger partial charge on any atom is -0.356 e. The van der Waals surface area contributed by atoms with Gasteiger partial charge in [-0.2, -0.15) is 0 Å². The van der Waals surface area contributed by atoms with Crippen molar-refractivity contribution in [2.45, 2.75) is 39.0 Å². The number of hydrogen-bond donors (Lipinski definition) is 2. The smallest absolute Gasteiger partial charge is 0.228 e. The Morgan fingerprint density at radius 3 is 2.18 bits per heavy atom. The van der Waals surface area contributed by atoms with Crippen molar-refractivity contribution in [1.29, 1.82) is 0 Å². The Balaban J connectivity index is 1.43. The van der Waals surface area contributed by atoms with Gasteiger partial charge in [-0.05, 0) is 53.6 Å². The molecule has 1 fully saturated rings. The number of anilines is 1. The van der Waals surface area contributed by atoms with Crippen molar-refractivity contribution >= 4 is 29.1 Å².